The van der Waals surface area contributed by atoms with Crippen LogP contribution in [0.5, 0.6) is 0 Å². The zero-order valence-electron chi connectivity index (χ0n) is 8.06. The smallest absolute Gasteiger partial charge is 0.0928 e. The monoisotopic (exact) mass is 231 g/mol. The van der Waals surface area contributed by atoms with E-state index in [2.05, 4.69) is 23.9 Å². The summed E-state index contributed by atoms with van der Waals surface area (Å²) in [6.45, 7) is 4.59. The van der Waals surface area contributed by atoms with Crippen molar-refractivity contribution in [1.82, 2.24) is 4.57 Å². The van der Waals surface area contributed by atoms with Gasteiger partial charge in [-0.1, -0.05) is 6.92 Å². The average molecular weight is 231 g/mol. The van der Waals surface area contributed by atoms with Gasteiger partial charge in [0.1, 0.15) is 0 Å². The first-order chi connectivity index (χ1) is 6.90. The lowest BCUT2D eigenvalue weighted by molar-refractivity contribution is 0.333. The molecule has 0 aliphatic carbocycles. The van der Waals surface area contributed by atoms with Gasteiger partial charge in [0.25, 0.3) is 0 Å². The summed E-state index contributed by atoms with van der Waals surface area (Å²) in [6.07, 6.45) is 5.45. The number of hydrogen-bond donors (Lipinski definition) is 0. The van der Waals surface area contributed by atoms with Gasteiger partial charge < -0.3 is 4.57 Å². The molecule has 14 heavy (non-hydrogen) atoms. The molecule has 3 nitrogen and oxygen atoms in total. The number of fused-ring (bicyclic) bond motifs is 1. The first-order valence-electron chi connectivity index (χ1n) is 4.65. The van der Waals surface area contributed by atoms with E-state index >= 15 is 0 Å². The van der Waals surface area contributed by atoms with E-state index in [1.807, 2.05) is 0 Å². The van der Waals surface area contributed by atoms with Crippen LogP contribution in [0.15, 0.2) is 12.4 Å². The molecule has 0 bridgehead atoms. The molecule has 0 unspecified atom stereocenters. The Morgan fingerprint density at radius 1 is 1.21 bits per heavy atom. The van der Waals surface area contributed by atoms with Crippen molar-refractivity contribution in [2.75, 3.05) is 0 Å². The fourth-order valence-electron chi connectivity index (χ4n) is 1.47. The summed E-state index contributed by atoms with van der Waals surface area (Å²) in [5.41, 5.74) is 2.48. The van der Waals surface area contributed by atoms with Crippen LogP contribution in [0.4, 0.5) is 0 Å². The number of aryl methyl sites for hydroxylation is 1. The third kappa shape index (κ3) is 2.48. The Hall–Kier alpha value is -0.100. The van der Waals surface area contributed by atoms with Crippen LogP contribution in [0.25, 0.3) is 0 Å². The van der Waals surface area contributed by atoms with Crippen LogP contribution >= 0.6 is 22.1 Å². The van der Waals surface area contributed by atoms with Crippen LogP contribution in [-0.4, -0.2) is 4.57 Å². The predicted octanol–water partition coefficient (Wildman–Crippen LogP) is 3.16. The highest BCUT2D eigenvalue weighted by Gasteiger charge is 2.10. The second-order valence-corrected chi connectivity index (χ2v) is 4.77. The fourth-order valence-corrected chi connectivity index (χ4v) is 2.42. The summed E-state index contributed by atoms with van der Waals surface area (Å²) in [6, 6.07) is 0. The van der Waals surface area contributed by atoms with Crippen molar-refractivity contribution in [3.05, 3.63) is 23.5 Å². The van der Waals surface area contributed by atoms with Crippen LogP contribution in [0, 0.1) is 0 Å². The third-order valence-electron chi connectivity index (χ3n) is 2.09. The van der Waals surface area contributed by atoms with E-state index < -0.39 is 0 Å². The van der Waals surface area contributed by atoms with E-state index in [9.17, 15) is 0 Å². The molecular formula is C9H13NO2S2. The van der Waals surface area contributed by atoms with Gasteiger partial charge in [-0.15, -0.1) is 0 Å². The molecule has 1 aromatic heterocycles. The van der Waals surface area contributed by atoms with Crippen molar-refractivity contribution in [2.24, 2.45) is 0 Å². The van der Waals surface area contributed by atoms with Gasteiger partial charge in [0.05, 0.1) is 35.4 Å². The zero-order valence-corrected chi connectivity index (χ0v) is 9.70. The van der Waals surface area contributed by atoms with E-state index in [4.69, 9.17) is 8.37 Å². The number of nitrogens with zero attached hydrogens (tertiary/aromatic N) is 1. The first kappa shape index (κ1) is 10.4. The minimum Gasteiger partial charge on any atom is -0.354 e. The first-order valence-corrected chi connectivity index (χ1v) is 6.65. The molecule has 78 valence electrons. The summed E-state index contributed by atoms with van der Waals surface area (Å²) in [7, 11) is 0. The molecule has 0 atom stereocenters. The summed E-state index contributed by atoms with van der Waals surface area (Å²) >= 11 is 2.60. The molecule has 1 aliphatic heterocycles. The average Bonchev–Trinajstić information content (AvgIpc) is 2.48. The van der Waals surface area contributed by atoms with Crippen molar-refractivity contribution >= 4 is 22.1 Å². The summed E-state index contributed by atoms with van der Waals surface area (Å²) in [5.74, 6) is 0. The standard InChI is InChI=1S/C9H13NO2S2/c1-2-3-10-4-8-6-11-13-14-12-7-9(8)5-10/h4-5H,2-3,6-7H2,1H3. The van der Waals surface area contributed by atoms with Crippen LogP contribution < -0.4 is 0 Å². The van der Waals surface area contributed by atoms with E-state index in [0.29, 0.717) is 13.2 Å². The van der Waals surface area contributed by atoms with Gasteiger partial charge in [0.15, 0.2) is 0 Å². The van der Waals surface area contributed by atoms with Gasteiger partial charge in [-0.05, 0) is 6.42 Å². The molecule has 0 N–H and O–H groups in total. The molecule has 0 spiro atoms. The van der Waals surface area contributed by atoms with E-state index in [1.54, 1.807) is 0 Å². The Labute approximate surface area is 92.0 Å². The Bertz CT molecular complexity index is 276. The minimum atomic E-state index is 0.674. The molecule has 2 heterocycles. The van der Waals surface area contributed by atoms with Crippen molar-refractivity contribution in [2.45, 2.75) is 33.1 Å². The Balaban J connectivity index is 2.14. The molecule has 0 fully saturated rings. The SMILES string of the molecule is CCCn1cc2c(c1)COSSOC2. The van der Waals surface area contributed by atoms with E-state index in [0.717, 1.165) is 13.0 Å². The van der Waals surface area contributed by atoms with E-state index in [1.165, 1.54) is 33.3 Å². The molecule has 1 aromatic rings. The van der Waals surface area contributed by atoms with Crippen LogP contribution in [0.2, 0.25) is 0 Å². The quantitative estimate of drug-likeness (QED) is 0.576. The highest BCUT2D eigenvalue weighted by atomic mass is 33.1. The molecule has 1 aliphatic rings. The van der Waals surface area contributed by atoms with Crippen LogP contribution in [0.1, 0.15) is 24.5 Å². The largest absolute Gasteiger partial charge is 0.354 e. The third-order valence-corrected chi connectivity index (χ3v) is 3.32. The molecule has 0 saturated carbocycles. The Morgan fingerprint density at radius 2 is 1.79 bits per heavy atom. The maximum atomic E-state index is 5.33. The molecular weight excluding hydrogens is 218 g/mol. The molecule has 5 heteroatoms. The topological polar surface area (TPSA) is 23.4 Å². The van der Waals surface area contributed by atoms with Crippen molar-refractivity contribution in [3.63, 3.8) is 0 Å². The van der Waals surface area contributed by atoms with Crippen LogP contribution in [-0.2, 0) is 28.1 Å². The van der Waals surface area contributed by atoms with Gasteiger partial charge in [-0.3, -0.25) is 8.37 Å². The fraction of sp³-hybridized carbons (Fsp3) is 0.556. The van der Waals surface area contributed by atoms with Crippen molar-refractivity contribution in [1.29, 1.82) is 0 Å². The number of hydrogen-bond acceptors (Lipinski definition) is 4. The summed E-state index contributed by atoms with van der Waals surface area (Å²) in [4.78, 5) is 0. The van der Waals surface area contributed by atoms with Gasteiger partial charge in [-0.25, -0.2) is 0 Å². The second-order valence-electron chi connectivity index (χ2n) is 3.21. The van der Waals surface area contributed by atoms with Gasteiger partial charge in [-0.2, -0.15) is 0 Å². The van der Waals surface area contributed by atoms with Gasteiger partial charge in [0, 0.05) is 30.1 Å². The van der Waals surface area contributed by atoms with Crippen molar-refractivity contribution in [3.8, 4) is 0 Å². The molecule has 0 amide bonds. The maximum absolute atomic E-state index is 5.33. The Kier molecular flexibility index (Phi) is 3.81. The lowest BCUT2D eigenvalue weighted by Gasteiger charge is -2.07. The number of rotatable bonds is 2. The van der Waals surface area contributed by atoms with Gasteiger partial charge >= 0.3 is 0 Å². The second kappa shape index (κ2) is 5.11. The van der Waals surface area contributed by atoms with Crippen molar-refractivity contribution < 1.29 is 8.37 Å². The lowest BCUT2D eigenvalue weighted by atomic mass is 10.2. The number of aromatic nitrogens is 1. The molecule has 0 saturated heterocycles. The van der Waals surface area contributed by atoms with E-state index in [-0.39, 0.29) is 0 Å². The minimum absolute atomic E-state index is 0.674. The molecule has 2 rings (SSSR count). The lowest BCUT2D eigenvalue weighted by Crippen LogP contribution is -1.93. The maximum Gasteiger partial charge on any atom is 0.0928 e. The highest BCUT2D eigenvalue weighted by Crippen LogP contribution is 2.30. The predicted molar refractivity (Wildman–Crippen MR) is 59.5 cm³/mol. The molecule has 0 radical (unpaired) electrons. The highest BCUT2D eigenvalue weighted by molar-refractivity contribution is 8.73. The van der Waals surface area contributed by atoms with Gasteiger partial charge in [0.2, 0.25) is 0 Å². The van der Waals surface area contributed by atoms with Crippen LogP contribution in [0.3, 0.4) is 0 Å². The summed E-state index contributed by atoms with van der Waals surface area (Å²) in [5, 5.41) is 0. The molecule has 0 aromatic carbocycles. The zero-order chi connectivity index (χ0) is 9.80. The normalized spacial score (nSPS) is 17.2. The summed E-state index contributed by atoms with van der Waals surface area (Å²) < 4.78 is 12.9. The Morgan fingerprint density at radius 3 is 2.29 bits per heavy atom.